The number of amides is 1. The lowest BCUT2D eigenvalue weighted by Crippen LogP contribution is -2.50. The minimum Gasteiger partial charge on any atom is -0.398 e. The van der Waals surface area contributed by atoms with Gasteiger partial charge in [0, 0.05) is 45.0 Å². The van der Waals surface area contributed by atoms with Crippen molar-refractivity contribution >= 4 is 11.6 Å². The quantitative estimate of drug-likeness (QED) is 0.803. The molecule has 1 aliphatic rings. The molecular weight excluding hydrogens is 264 g/mol. The van der Waals surface area contributed by atoms with Gasteiger partial charge >= 0.3 is 0 Å². The number of carbonyl (C=O) groups excluding carboxylic acids is 1. The maximum Gasteiger partial charge on any atom is 0.227 e. The van der Waals surface area contributed by atoms with Gasteiger partial charge in [0.2, 0.25) is 5.91 Å². The molecule has 1 amide bonds. The Labute approximate surface area is 127 Å². The van der Waals surface area contributed by atoms with E-state index in [1.165, 1.54) is 0 Å². The topological polar surface area (TPSA) is 52.8 Å². The zero-order valence-corrected chi connectivity index (χ0v) is 13.1. The highest BCUT2D eigenvalue weighted by Gasteiger charge is 2.21. The fraction of sp³-hybridized carbons (Fsp3) is 0.562. The van der Waals surface area contributed by atoms with Gasteiger partial charge in [-0.25, -0.2) is 0 Å². The van der Waals surface area contributed by atoms with Crippen molar-refractivity contribution in [2.75, 3.05) is 59.1 Å². The van der Waals surface area contributed by atoms with Crippen molar-refractivity contribution in [2.45, 2.75) is 6.42 Å². The lowest BCUT2D eigenvalue weighted by atomic mass is 10.1. The standard InChI is InChI=1S/C16H26N4O/c1-18(2)7-8-19-9-11-20(12-10-19)16(21)13-14-5-3-4-6-15(14)17/h3-6H,7-13,17H2,1-2H3. The van der Waals surface area contributed by atoms with Gasteiger partial charge in [0.1, 0.15) is 0 Å². The predicted octanol–water partition coefficient (Wildman–Crippen LogP) is 0.517. The molecule has 0 aromatic heterocycles. The molecule has 1 heterocycles. The van der Waals surface area contributed by atoms with Gasteiger partial charge in [-0.3, -0.25) is 9.69 Å². The van der Waals surface area contributed by atoms with Gasteiger partial charge in [-0.05, 0) is 25.7 Å². The van der Waals surface area contributed by atoms with Crippen molar-refractivity contribution < 1.29 is 4.79 Å². The van der Waals surface area contributed by atoms with Crippen molar-refractivity contribution in [3.8, 4) is 0 Å². The zero-order chi connectivity index (χ0) is 15.2. The lowest BCUT2D eigenvalue weighted by molar-refractivity contribution is -0.132. The Bertz CT molecular complexity index is 467. The van der Waals surface area contributed by atoms with Gasteiger partial charge in [-0.2, -0.15) is 0 Å². The number of hydrogen-bond acceptors (Lipinski definition) is 4. The summed E-state index contributed by atoms with van der Waals surface area (Å²) in [4.78, 5) is 18.9. The summed E-state index contributed by atoms with van der Waals surface area (Å²) in [6.07, 6.45) is 0.407. The molecule has 1 saturated heterocycles. The summed E-state index contributed by atoms with van der Waals surface area (Å²) in [5.74, 6) is 0.181. The Morgan fingerprint density at radius 1 is 1.19 bits per heavy atom. The van der Waals surface area contributed by atoms with Gasteiger partial charge in [-0.1, -0.05) is 18.2 Å². The van der Waals surface area contributed by atoms with Crippen LogP contribution >= 0.6 is 0 Å². The summed E-state index contributed by atoms with van der Waals surface area (Å²) in [6, 6.07) is 7.60. The number of rotatable bonds is 5. The predicted molar refractivity (Wildman–Crippen MR) is 86.1 cm³/mol. The van der Waals surface area contributed by atoms with E-state index in [4.69, 9.17) is 5.73 Å². The SMILES string of the molecule is CN(C)CCN1CCN(C(=O)Cc2ccccc2N)CC1. The normalized spacial score (nSPS) is 16.4. The number of benzene rings is 1. The van der Waals surface area contributed by atoms with E-state index < -0.39 is 0 Å². The highest BCUT2D eigenvalue weighted by Crippen LogP contribution is 2.13. The average Bonchev–Trinajstić information content (AvgIpc) is 2.48. The van der Waals surface area contributed by atoms with Crippen LogP contribution in [0.1, 0.15) is 5.56 Å². The Balaban J connectivity index is 1.79. The van der Waals surface area contributed by atoms with Crippen molar-refractivity contribution in [1.82, 2.24) is 14.7 Å². The van der Waals surface area contributed by atoms with Crippen LogP contribution in [0.15, 0.2) is 24.3 Å². The van der Waals surface area contributed by atoms with Crippen LogP contribution in [0.4, 0.5) is 5.69 Å². The van der Waals surface area contributed by atoms with E-state index in [0.29, 0.717) is 12.1 Å². The smallest absolute Gasteiger partial charge is 0.227 e. The first kappa shape index (κ1) is 15.8. The van der Waals surface area contributed by atoms with Crippen LogP contribution in [0.3, 0.4) is 0 Å². The molecule has 1 aromatic carbocycles. The Morgan fingerprint density at radius 3 is 2.48 bits per heavy atom. The fourth-order valence-corrected chi connectivity index (χ4v) is 2.53. The van der Waals surface area contributed by atoms with Crippen molar-refractivity contribution in [2.24, 2.45) is 0 Å². The third-order valence-corrected chi connectivity index (χ3v) is 3.99. The van der Waals surface area contributed by atoms with Gasteiger partial charge in [-0.15, -0.1) is 0 Å². The van der Waals surface area contributed by atoms with E-state index in [9.17, 15) is 4.79 Å². The summed E-state index contributed by atoms with van der Waals surface area (Å²) in [5, 5.41) is 0. The third-order valence-electron chi connectivity index (χ3n) is 3.99. The first-order valence-corrected chi connectivity index (χ1v) is 7.54. The van der Waals surface area contributed by atoms with Crippen LogP contribution in [0, 0.1) is 0 Å². The second kappa shape index (κ2) is 7.43. The Hall–Kier alpha value is -1.59. The largest absolute Gasteiger partial charge is 0.398 e. The first-order chi connectivity index (χ1) is 10.1. The van der Waals surface area contributed by atoms with Crippen LogP contribution < -0.4 is 5.73 Å². The molecule has 5 heteroatoms. The second-order valence-electron chi connectivity index (χ2n) is 5.90. The minimum atomic E-state index is 0.181. The van der Waals surface area contributed by atoms with Crippen LogP contribution in [0.2, 0.25) is 0 Å². The number of anilines is 1. The summed E-state index contributed by atoms with van der Waals surface area (Å²) < 4.78 is 0. The first-order valence-electron chi connectivity index (χ1n) is 7.54. The van der Waals surface area contributed by atoms with Crippen LogP contribution in [-0.4, -0.2) is 74.0 Å². The molecule has 1 fully saturated rings. The number of carbonyl (C=O) groups is 1. The Morgan fingerprint density at radius 2 is 1.86 bits per heavy atom. The van der Waals surface area contributed by atoms with Crippen LogP contribution in [-0.2, 0) is 11.2 Å². The molecule has 0 saturated carbocycles. The maximum atomic E-state index is 12.3. The summed E-state index contributed by atoms with van der Waals surface area (Å²) in [6.45, 7) is 5.70. The molecule has 5 nitrogen and oxygen atoms in total. The fourth-order valence-electron chi connectivity index (χ4n) is 2.53. The molecule has 2 rings (SSSR count). The molecule has 0 aliphatic carbocycles. The Kier molecular flexibility index (Phi) is 5.59. The second-order valence-corrected chi connectivity index (χ2v) is 5.90. The van der Waals surface area contributed by atoms with E-state index in [0.717, 1.165) is 44.8 Å². The summed E-state index contributed by atoms with van der Waals surface area (Å²) in [5.41, 5.74) is 7.54. The maximum absolute atomic E-state index is 12.3. The number of nitrogens with two attached hydrogens (primary N) is 1. The summed E-state index contributed by atoms with van der Waals surface area (Å²) in [7, 11) is 4.17. The molecule has 0 spiro atoms. The van der Waals surface area contributed by atoms with E-state index >= 15 is 0 Å². The van der Waals surface area contributed by atoms with Crippen molar-refractivity contribution in [3.05, 3.63) is 29.8 Å². The molecule has 2 N–H and O–H groups in total. The minimum absolute atomic E-state index is 0.181. The molecule has 21 heavy (non-hydrogen) atoms. The van der Waals surface area contributed by atoms with Gasteiger partial charge in [0.15, 0.2) is 0 Å². The lowest BCUT2D eigenvalue weighted by Gasteiger charge is -2.35. The third kappa shape index (κ3) is 4.72. The van der Waals surface area contributed by atoms with E-state index in [1.807, 2.05) is 29.2 Å². The number of piperazine rings is 1. The van der Waals surface area contributed by atoms with Gasteiger partial charge < -0.3 is 15.5 Å². The van der Waals surface area contributed by atoms with Crippen molar-refractivity contribution in [1.29, 1.82) is 0 Å². The number of nitrogen functional groups attached to an aromatic ring is 1. The molecule has 116 valence electrons. The monoisotopic (exact) mass is 290 g/mol. The molecular formula is C16H26N4O. The highest BCUT2D eigenvalue weighted by atomic mass is 16.2. The molecule has 0 unspecified atom stereocenters. The van der Waals surface area contributed by atoms with Crippen molar-refractivity contribution in [3.63, 3.8) is 0 Å². The summed E-state index contributed by atoms with van der Waals surface area (Å²) >= 11 is 0. The van der Waals surface area contributed by atoms with Gasteiger partial charge in [0.05, 0.1) is 6.42 Å². The van der Waals surface area contributed by atoms with Gasteiger partial charge in [0.25, 0.3) is 0 Å². The average molecular weight is 290 g/mol. The number of nitrogens with zero attached hydrogens (tertiary/aromatic N) is 3. The van der Waals surface area contributed by atoms with Crippen LogP contribution in [0.25, 0.3) is 0 Å². The molecule has 1 aliphatic heterocycles. The molecule has 0 bridgehead atoms. The highest BCUT2D eigenvalue weighted by molar-refractivity contribution is 5.80. The van der Waals surface area contributed by atoms with E-state index in [1.54, 1.807) is 0 Å². The van der Waals surface area contributed by atoms with E-state index in [-0.39, 0.29) is 5.91 Å². The number of likely N-dealkylation sites (N-methyl/N-ethyl adjacent to an activating group) is 1. The molecule has 0 radical (unpaired) electrons. The zero-order valence-electron chi connectivity index (χ0n) is 13.1. The number of para-hydroxylation sites is 1. The molecule has 1 aromatic rings. The number of hydrogen-bond donors (Lipinski definition) is 1. The van der Waals surface area contributed by atoms with E-state index in [2.05, 4.69) is 23.9 Å². The van der Waals surface area contributed by atoms with Crippen LogP contribution in [0.5, 0.6) is 0 Å². The molecule has 0 atom stereocenters.